The van der Waals surface area contributed by atoms with Gasteiger partial charge in [-0.05, 0) is 12.3 Å². The second kappa shape index (κ2) is 3.43. The van der Waals surface area contributed by atoms with Crippen LogP contribution < -0.4 is 5.43 Å². The summed E-state index contributed by atoms with van der Waals surface area (Å²) in [7, 11) is 0. The van der Waals surface area contributed by atoms with Gasteiger partial charge in [0.1, 0.15) is 6.26 Å². The molecule has 1 unspecified atom stereocenters. The predicted molar refractivity (Wildman–Crippen MR) is 45.3 cm³/mol. The van der Waals surface area contributed by atoms with Gasteiger partial charge in [-0.15, -0.1) is 0 Å². The summed E-state index contributed by atoms with van der Waals surface area (Å²) < 4.78 is 4.79. The lowest BCUT2D eigenvalue weighted by atomic mass is 10.0. The van der Waals surface area contributed by atoms with E-state index in [1.807, 2.05) is 13.8 Å². The molecule has 1 rings (SSSR count). The minimum atomic E-state index is -0.324. The van der Waals surface area contributed by atoms with Crippen LogP contribution in [-0.4, -0.2) is 5.11 Å². The largest absolute Gasteiger partial charge is 0.502 e. The number of hydrogen-bond acceptors (Lipinski definition) is 3. The SMILES string of the molecule is CCC(C)c1cocc(O)c1=O. The Kier molecular flexibility index (Phi) is 2.53. The molecule has 12 heavy (non-hydrogen) atoms. The van der Waals surface area contributed by atoms with Crippen LogP contribution in [0.15, 0.2) is 21.7 Å². The molecule has 0 radical (unpaired) electrons. The Balaban J connectivity index is 3.17. The van der Waals surface area contributed by atoms with E-state index in [1.54, 1.807) is 0 Å². The summed E-state index contributed by atoms with van der Waals surface area (Å²) in [6.07, 6.45) is 3.30. The average molecular weight is 168 g/mol. The van der Waals surface area contributed by atoms with Crippen molar-refractivity contribution in [2.24, 2.45) is 0 Å². The molecule has 3 heteroatoms. The second-order valence-electron chi connectivity index (χ2n) is 2.85. The molecule has 0 aliphatic carbocycles. The summed E-state index contributed by atoms with van der Waals surface area (Å²) in [6, 6.07) is 0. The molecule has 1 aromatic heterocycles. The molecule has 1 heterocycles. The van der Waals surface area contributed by atoms with Gasteiger partial charge in [-0.1, -0.05) is 13.8 Å². The van der Waals surface area contributed by atoms with Crippen molar-refractivity contribution >= 4 is 0 Å². The lowest BCUT2D eigenvalue weighted by molar-refractivity contribution is 0.422. The zero-order chi connectivity index (χ0) is 9.14. The van der Waals surface area contributed by atoms with Crippen molar-refractivity contribution in [3.05, 3.63) is 28.3 Å². The van der Waals surface area contributed by atoms with Crippen LogP contribution >= 0.6 is 0 Å². The summed E-state index contributed by atoms with van der Waals surface area (Å²) >= 11 is 0. The maximum Gasteiger partial charge on any atom is 0.229 e. The lowest BCUT2D eigenvalue weighted by Crippen LogP contribution is -2.09. The molecule has 1 N–H and O–H groups in total. The highest BCUT2D eigenvalue weighted by Gasteiger charge is 2.10. The zero-order valence-corrected chi connectivity index (χ0v) is 7.20. The van der Waals surface area contributed by atoms with Crippen molar-refractivity contribution in [3.63, 3.8) is 0 Å². The van der Waals surface area contributed by atoms with Crippen LogP contribution in [-0.2, 0) is 0 Å². The maximum atomic E-state index is 11.3. The summed E-state index contributed by atoms with van der Waals surface area (Å²) in [5.41, 5.74) is 0.216. The van der Waals surface area contributed by atoms with Gasteiger partial charge in [-0.3, -0.25) is 4.79 Å². The first-order chi connectivity index (χ1) is 5.66. The molecule has 0 saturated heterocycles. The molecular formula is C9H12O3. The van der Waals surface area contributed by atoms with E-state index in [-0.39, 0.29) is 17.1 Å². The first-order valence-electron chi connectivity index (χ1n) is 3.96. The molecule has 0 aliphatic rings. The van der Waals surface area contributed by atoms with Crippen LogP contribution in [0.25, 0.3) is 0 Å². The van der Waals surface area contributed by atoms with Gasteiger partial charge in [0.25, 0.3) is 0 Å². The minimum Gasteiger partial charge on any atom is -0.502 e. The Bertz CT molecular complexity index is 314. The van der Waals surface area contributed by atoms with E-state index in [2.05, 4.69) is 0 Å². The highest BCUT2D eigenvalue weighted by molar-refractivity contribution is 5.22. The molecular weight excluding hydrogens is 156 g/mol. The Hall–Kier alpha value is -1.25. The predicted octanol–water partition coefficient (Wildman–Crippen LogP) is 1.86. The van der Waals surface area contributed by atoms with Gasteiger partial charge in [0.2, 0.25) is 5.43 Å². The van der Waals surface area contributed by atoms with Crippen molar-refractivity contribution in [2.75, 3.05) is 0 Å². The fourth-order valence-corrected chi connectivity index (χ4v) is 0.987. The van der Waals surface area contributed by atoms with Crippen LogP contribution in [0.2, 0.25) is 0 Å². The van der Waals surface area contributed by atoms with Crippen LogP contribution in [0, 0.1) is 0 Å². The van der Waals surface area contributed by atoms with Gasteiger partial charge >= 0.3 is 0 Å². The molecule has 1 aromatic rings. The van der Waals surface area contributed by atoms with Crippen molar-refractivity contribution in [2.45, 2.75) is 26.2 Å². The van der Waals surface area contributed by atoms with E-state index in [0.29, 0.717) is 5.56 Å². The van der Waals surface area contributed by atoms with Gasteiger partial charge in [0, 0.05) is 5.56 Å². The van der Waals surface area contributed by atoms with Crippen molar-refractivity contribution in [3.8, 4) is 5.75 Å². The second-order valence-corrected chi connectivity index (χ2v) is 2.85. The van der Waals surface area contributed by atoms with Gasteiger partial charge < -0.3 is 9.52 Å². The van der Waals surface area contributed by atoms with Gasteiger partial charge in [-0.25, -0.2) is 0 Å². The topological polar surface area (TPSA) is 50.4 Å². The summed E-state index contributed by atoms with van der Waals surface area (Å²) in [4.78, 5) is 11.3. The van der Waals surface area contributed by atoms with Crippen molar-refractivity contribution in [1.29, 1.82) is 0 Å². The van der Waals surface area contributed by atoms with E-state index in [0.717, 1.165) is 12.7 Å². The van der Waals surface area contributed by atoms with Crippen LogP contribution in [0.5, 0.6) is 5.75 Å². The first-order valence-corrected chi connectivity index (χ1v) is 3.96. The minimum absolute atomic E-state index is 0.133. The summed E-state index contributed by atoms with van der Waals surface area (Å²) in [5.74, 6) is -0.179. The smallest absolute Gasteiger partial charge is 0.229 e. The molecule has 0 amide bonds. The van der Waals surface area contributed by atoms with E-state index in [1.165, 1.54) is 6.26 Å². The monoisotopic (exact) mass is 168 g/mol. The molecule has 66 valence electrons. The first kappa shape index (κ1) is 8.84. The number of rotatable bonds is 2. The zero-order valence-electron chi connectivity index (χ0n) is 7.20. The Morgan fingerprint density at radius 1 is 1.58 bits per heavy atom. The lowest BCUT2D eigenvalue weighted by Gasteiger charge is -2.05. The van der Waals surface area contributed by atoms with E-state index < -0.39 is 0 Å². The third-order valence-electron chi connectivity index (χ3n) is 2.01. The average Bonchev–Trinajstić information content (AvgIpc) is 2.08. The Morgan fingerprint density at radius 3 is 2.83 bits per heavy atom. The maximum absolute atomic E-state index is 11.3. The number of hydrogen-bond donors (Lipinski definition) is 1. The van der Waals surface area contributed by atoms with Crippen molar-refractivity contribution < 1.29 is 9.52 Å². The molecule has 0 saturated carbocycles. The third-order valence-corrected chi connectivity index (χ3v) is 2.01. The number of aromatic hydroxyl groups is 1. The van der Waals surface area contributed by atoms with Crippen LogP contribution in [0.4, 0.5) is 0 Å². The normalized spacial score (nSPS) is 12.8. The Labute approximate surface area is 70.7 Å². The quantitative estimate of drug-likeness (QED) is 0.733. The molecule has 0 fully saturated rings. The summed E-state index contributed by atoms with van der Waals surface area (Å²) in [5, 5.41) is 9.04. The molecule has 1 atom stereocenters. The van der Waals surface area contributed by atoms with Crippen molar-refractivity contribution in [1.82, 2.24) is 0 Å². The van der Waals surface area contributed by atoms with Gasteiger partial charge in [0.05, 0.1) is 6.26 Å². The van der Waals surface area contributed by atoms with Crippen LogP contribution in [0.1, 0.15) is 31.7 Å². The summed E-state index contributed by atoms with van der Waals surface area (Å²) in [6.45, 7) is 3.90. The van der Waals surface area contributed by atoms with Gasteiger partial charge in [-0.2, -0.15) is 0 Å². The molecule has 3 nitrogen and oxygen atoms in total. The standard InChI is InChI=1S/C9H12O3/c1-3-6(2)7-4-12-5-8(10)9(7)11/h4-6,10H,3H2,1-2H3. The van der Waals surface area contributed by atoms with E-state index in [9.17, 15) is 4.79 Å². The highest BCUT2D eigenvalue weighted by Crippen LogP contribution is 2.16. The Morgan fingerprint density at radius 2 is 2.25 bits per heavy atom. The third kappa shape index (κ3) is 1.49. The molecule has 0 aromatic carbocycles. The molecule has 0 bridgehead atoms. The van der Waals surface area contributed by atoms with Gasteiger partial charge in [0.15, 0.2) is 5.75 Å². The highest BCUT2D eigenvalue weighted by atomic mass is 16.3. The molecule has 0 aliphatic heterocycles. The fraction of sp³-hybridized carbons (Fsp3) is 0.444. The fourth-order valence-electron chi connectivity index (χ4n) is 0.987. The van der Waals surface area contributed by atoms with Crippen LogP contribution in [0.3, 0.4) is 0 Å². The van der Waals surface area contributed by atoms with E-state index >= 15 is 0 Å². The molecule has 0 spiro atoms. The van der Waals surface area contributed by atoms with E-state index in [4.69, 9.17) is 9.52 Å².